The Kier molecular flexibility index (Phi) is 4.46. The Morgan fingerprint density at radius 2 is 2.15 bits per heavy atom. The summed E-state index contributed by atoms with van der Waals surface area (Å²) >= 11 is 0. The zero-order valence-corrected chi connectivity index (χ0v) is 13.2. The quantitative estimate of drug-likeness (QED) is 0.781. The van der Waals surface area contributed by atoms with Gasteiger partial charge >= 0.3 is 5.97 Å². The van der Waals surface area contributed by atoms with E-state index in [9.17, 15) is 4.79 Å². The lowest BCUT2D eigenvalue weighted by Crippen LogP contribution is -2.20. The van der Waals surface area contributed by atoms with Crippen LogP contribution in [0.15, 0.2) is 6.07 Å². The summed E-state index contributed by atoms with van der Waals surface area (Å²) in [5.74, 6) is 1.12. The van der Waals surface area contributed by atoms with Crippen molar-refractivity contribution >= 4 is 5.97 Å². The van der Waals surface area contributed by atoms with Crippen molar-refractivity contribution in [3.05, 3.63) is 28.6 Å². The molecule has 0 N–H and O–H groups in total. The molecule has 1 aromatic rings. The van der Waals surface area contributed by atoms with Crippen LogP contribution in [0.2, 0.25) is 0 Å². The summed E-state index contributed by atoms with van der Waals surface area (Å²) in [5.41, 5.74) is 3.94. The minimum Gasteiger partial charge on any atom is -0.462 e. The van der Waals surface area contributed by atoms with Crippen molar-refractivity contribution in [2.24, 2.45) is 5.92 Å². The third-order valence-electron chi connectivity index (χ3n) is 4.04. The van der Waals surface area contributed by atoms with Crippen LogP contribution in [-0.2, 0) is 11.2 Å². The molecule has 0 bridgehead atoms. The highest BCUT2D eigenvalue weighted by molar-refractivity contribution is 5.91. The number of ether oxygens (including phenoxy) is 1. The van der Waals surface area contributed by atoms with Crippen molar-refractivity contribution in [1.29, 1.82) is 0 Å². The lowest BCUT2D eigenvalue weighted by molar-refractivity contribution is 0.0523. The molecule has 1 heterocycles. The van der Waals surface area contributed by atoms with E-state index in [4.69, 9.17) is 9.72 Å². The third kappa shape index (κ3) is 2.87. The number of aromatic nitrogens is 1. The first-order valence-electron chi connectivity index (χ1n) is 7.64. The molecule has 3 nitrogen and oxygen atoms in total. The average molecular weight is 275 g/mol. The summed E-state index contributed by atoms with van der Waals surface area (Å²) < 4.78 is 5.19. The standard InChI is InChI=1S/C17H25NO2/c1-6-20-17(19)14-9-13-12(5)7-11(4)8-15(13)18-16(14)10(2)3/h9-12H,6-8H2,1-5H3. The summed E-state index contributed by atoms with van der Waals surface area (Å²) in [6, 6.07) is 2.03. The van der Waals surface area contributed by atoms with Crippen LogP contribution < -0.4 is 0 Å². The molecule has 2 atom stereocenters. The number of hydrogen-bond donors (Lipinski definition) is 0. The molecule has 0 aliphatic heterocycles. The second-order valence-corrected chi connectivity index (χ2v) is 6.28. The Morgan fingerprint density at radius 3 is 2.75 bits per heavy atom. The number of nitrogens with zero attached hydrogens (tertiary/aromatic N) is 1. The topological polar surface area (TPSA) is 39.2 Å². The van der Waals surface area contributed by atoms with Gasteiger partial charge in [0.05, 0.1) is 17.9 Å². The zero-order chi connectivity index (χ0) is 14.9. The molecule has 3 heteroatoms. The molecule has 2 unspecified atom stereocenters. The number of hydrogen-bond acceptors (Lipinski definition) is 3. The van der Waals surface area contributed by atoms with Gasteiger partial charge in [0.15, 0.2) is 0 Å². The lowest BCUT2D eigenvalue weighted by Gasteiger charge is -2.28. The molecule has 1 aliphatic rings. The van der Waals surface area contributed by atoms with Crippen LogP contribution in [0.3, 0.4) is 0 Å². The average Bonchev–Trinajstić information content (AvgIpc) is 2.37. The molecular formula is C17H25NO2. The van der Waals surface area contributed by atoms with E-state index in [-0.39, 0.29) is 11.9 Å². The molecule has 2 rings (SSSR count). The van der Waals surface area contributed by atoms with Crippen LogP contribution in [0.25, 0.3) is 0 Å². The van der Waals surface area contributed by atoms with Gasteiger partial charge in [-0.1, -0.05) is 27.7 Å². The van der Waals surface area contributed by atoms with Crippen molar-refractivity contribution in [3.8, 4) is 0 Å². The second kappa shape index (κ2) is 5.94. The smallest absolute Gasteiger partial charge is 0.339 e. The number of esters is 1. The molecule has 0 fully saturated rings. The highest BCUT2D eigenvalue weighted by Crippen LogP contribution is 2.35. The highest BCUT2D eigenvalue weighted by Gasteiger charge is 2.27. The van der Waals surface area contributed by atoms with E-state index in [2.05, 4.69) is 27.7 Å². The van der Waals surface area contributed by atoms with Crippen molar-refractivity contribution in [2.45, 2.75) is 59.3 Å². The van der Waals surface area contributed by atoms with Gasteiger partial charge in [0, 0.05) is 5.69 Å². The number of fused-ring (bicyclic) bond motifs is 1. The van der Waals surface area contributed by atoms with Gasteiger partial charge in [-0.25, -0.2) is 4.79 Å². The SMILES string of the molecule is CCOC(=O)c1cc2c(nc1C(C)C)CC(C)CC2C. The Hall–Kier alpha value is -1.38. The van der Waals surface area contributed by atoms with Crippen LogP contribution in [-0.4, -0.2) is 17.6 Å². The summed E-state index contributed by atoms with van der Waals surface area (Å²) in [4.78, 5) is 17.0. The fraction of sp³-hybridized carbons (Fsp3) is 0.647. The molecule has 20 heavy (non-hydrogen) atoms. The number of rotatable bonds is 3. The first-order valence-corrected chi connectivity index (χ1v) is 7.64. The Balaban J connectivity index is 2.51. The van der Waals surface area contributed by atoms with Gasteiger partial charge < -0.3 is 4.74 Å². The van der Waals surface area contributed by atoms with Gasteiger partial charge in [-0.05, 0) is 49.1 Å². The third-order valence-corrected chi connectivity index (χ3v) is 4.04. The summed E-state index contributed by atoms with van der Waals surface area (Å²) in [7, 11) is 0. The summed E-state index contributed by atoms with van der Waals surface area (Å²) in [6.07, 6.45) is 2.18. The van der Waals surface area contributed by atoms with Crippen LogP contribution in [0.5, 0.6) is 0 Å². The van der Waals surface area contributed by atoms with E-state index >= 15 is 0 Å². The maximum Gasteiger partial charge on any atom is 0.339 e. The molecule has 0 radical (unpaired) electrons. The van der Waals surface area contributed by atoms with Crippen LogP contribution in [0, 0.1) is 5.92 Å². The molecule has 0 amide bonds. The van der Waals surface area contributed by atoms with Gasteiger partial charge in [-0.3, -0.25) is 4.98 Å². The van der Waals surface area contributed by atoms with Crippen molar-refractivity contribution < 1.29 is 9.53 Å². The molecule has 0 aromatic carbocycles. The molecule has 0 saturated carbocycles. The normalized spacial score (nSPS) is 21.7. The number of carbonyl (C=O) groups is 1. The fourth-order valence-electron chi connectivity index (χ4n) is 3.13. The van der Waals surface area contributed by atoms with E-state index in [1.807, 2.05) is 13.0 Å². The van der Waals surface area contributed by atoms with Crippen LogP contribution in [0.1, 0.15) is 80.2 Å². The summed E-state index contributed by atoms with van der Waals surface area (Å²) in [6.45, 7) is 10.9. The monoisotopic (exact) mass is 275 g/mol. The van der Waals surface area contributed by atoms with E-state index in [1.165, 1.54) is 11.3 Å². The van der Waals surface area contributed by atoms with E-state index < -0.39 is 0 Å². The highest BCUT2D eigenvalue weighted by atomic mass is 16.5. The number of pyridine rings is 1. The summed E-state index contributed by atoms with van der Waals surface area (Å²) in [5, 5.41) is 0. The van der Waals surface area contributed by atoms with Crippen molar-refractivity contribution in [2.75, 3.05) is 6.61 Å². The molecule has 0 saturated heterocycles. The Labute approximate surface area is 121 Å². The van der Waals surface area contributed by atoms with Gasteiger partial charge in [-0.2, -0.15) is 0 Å². The van der Waals surface area contributed by atoms with Crippen LogP contribution in [0.4, 0.5) is 0 Å². The molecule has 1 aromatic heterocycles. The molecular weight excluding hydrogens is 250 g/mol. The maximum absolute atomic E-state index is 12.2. The van der Waals surface area contributed by atoms with E-state index in [1.54, 1.807) is 0 Å². The predicted molar refractivity (Wildman–Crippen MR) is 80.2 cm³/mol. The first kappa shape index (κ1) is 15.0. The molecule has 1 aliphatic carbocycles. The van der Waals surface area contributed by atoms with Gasteiger partial charge in [0.2, 0.25) is 0 Å². The largest absolute Gasteiger partial charge is 0.462 e. The number of carbonyl (C=O) groups excluding carboxylic acids is 1. The van der Waals surface area contributed by atoms with Gasteiger partial charge in [0.1, 0.15) is 0 Å². The van der Waals surface area contributed by atoms with Gasteiger partial charge in [-0.15, -0.1) is 0 Å². The van der Waals surface area contributed by atoms with Crippen molar-refractivity contribution in [1.82, 2.24) is 4.98 Å². The second-order valence-electron chi connectivity index (χ2n) is 6.28. The molecule has 110 valence electrons. The minimum atomic E-state index is -0.239. The predicted octanol–water partition coefficient (Wildman–Crippen LogP) is 4.07. The minimum absolute atomic E-state index is 0.229. The zero-order valence-electron chi connectivity index (χ0n) is 13.2. The first-order chi connectivity index (χ1) is 9.43. The van der Waals surface area contributed by atoms with Gasteiger partial charge in [0.25, 0.3) is 0 Å². The van der Waals surface area contributed by atoms with E-state index in [0.717, 1.165) is 18.5 Å². The van der Waals surface area contributed by atoms with E-state index in [0.29, 0.717) is 24.0 Å². The fourth-order valence-corrected chi connectivity index (χ4v) is 3.13. The Bertz CT molecular complexity index is 508. The lowest BCUT2D eigenvalue weighted by atomic mass is 9.80. The van der Waals surface area contributed by atoms with Crippen molar-refractivity contribution in [3.63, 3.8) is 0 Å². The van der Waals surface area contributed by atoms with Crippen LogP contribution >= 0.6 is 0 Å². The maximum atomic E-state index is 12.2. The molecule has 0 spiro atoms. The Morgan fingerprint density at radius 1 is 1.45 bits per heavy atom.